The number of Topliss-reactive ketones (excluding diaryl/α,β-unsaturated/α-hetero) is 1. The quantitative estimate of drug-likeness (QED) is 0.691. The Morgan fingerprint density at radius 1 is 1.50 bits per heavy atom. The molecule has 6 heteroatoms. The van der Waals surface area contributed by atoms with Crippen LogP contribution < -0.4 is 0 Å². The van der Waals surface area contributed by atoms with Crippen LogP contribution in [0.15, 0.2) is 29.4 Å². The molecule has 0 aliphatic carbocycles. The Morgan fingerprint density at radius 2 is 2.30 bits per heavy atom. The summed E-state index contributed by atoms with van der Waals surface area (Å²) >= 11 is 1.33. The lowest BCUT2D eigenvalue weighted by Crippen LogP contribution is -2.36. The molecule has 1 N–H and O–H groups in total. The van der Waals surface area contributed by atoms with Crippen LogP contribution in [-0.4, -0.2) is 33.1 Å². The van der Waals surface area contributed by atoms with Gasteiger partial charge in [0.15, 0.2) is 16.5 Å². The smallest absolute Gasteiger partial charge is 0.306 e. The zero-order chi connectivity index (χ0) is 14.2. The molecule has 104 valence electrons. The van der Waals surface area contributed by atoms with E-state index in [-0.39, 0.29) is 17.5 Å². The van der Waals surface area contributed by atoms with Crippen molar-refractivity contribution < 1.29 is 14.3 Å². The topological polar surface area (TPSA) is 72.0 Å². The van der Waals surface area contributed by atoms with Gasteiger partial charge in [-0.05, 0) is 19.1 Å². The Bertz CT molecular complexity index is 649. The molecule has 1 aliphatic rings. The second-order valence-corrected chi connectivity index (χ2v) is 5.94. The van der Waals surface area contributed by atoms with E-state index < -0.39 is 5.60 Å². The zero-order valence-electron chi connectivity index (χ0n) is 11.0. The molecule has 1 fully saturated rings. The molecule has 2 aromatic rings. The first-order valence-electron chi connectivity index (χ1n) is 6.39. The van der Waals surface area contributed by atoms with E-state index >= 15 is 0 Å². The molecule has 1 atom stereocenters. The summed E-state index contributed by atoms with van der Waals surface area (Å²) in [6.07, 6.45) is 0.781. The summed E-state index contributed by atoms with van der Waals surface area (Å²) in [7, 11) is 0. The molecular weight excluding hydrogens is 276 g/mol. The summed E-state index contributed by atoms with van der Waals surface area (Å²) < 4.78 is 5.13. The number of hydrogen-bond donors (Lipinski definition) is 1. The standard InChI is InChI=1S/C14H14N2O3S/c1-14(7-6-12(18)19-14)11(17)8-20-13-15-9-4-2-3-5-10(9)16-13/h2-5H,6-8H2,1H3,(H,15,16)/t14-/m1/s1. The monoisotopic (exact) mass is 290 g/mol. The Balaban J connectivity index is 1.67. The van der Waals surface area contributed by atoms with Crippen LogP contribution in [0, 0.1) is 0 Å². The van der Waals surface area contributed by atoms with E-state index in [2.05, 4.69) is 9.97 Å². The van der Waals surface area contributed by atoms with Gasteiger partial charge in [-0.3, -0.25) is 9.59 Å². The van der Waals surface area contributed by atoms with Gasteiger partial charge in [0.1, 0.15) is 0 Å². The summed E-state index contributed by atoms with van der Waals surface area (Å²) in [5.74, 6) is -0.132. The maximum atomic E-state index is 12.2. The van der Waals surface area contributed by atoms with Gasteiger partial charge in [-0.2, -0.15) is 0 Å². The minimum atomic E-state index is -0.962. The summed E-state index contributed by atoms with van der Waals surface area (Å²) in [6.45, 7) is 1.68. The SMILES string of the molecule is C[C@]1(C(=O)CSc2nc3ccccc3[nH]2)CCC(=O)O1. The van der Waals surface area contributed by atoms with Crippen molar-refractivity contribution in [2.45, 2.75) is 30.5 Å². The van der Waals surface area contributed by atoms with Crippen molar-refractivity contribution in [3.63, 3.8) is 0 Å². The van der Waals surface area contributed by atoms with Gasteiger partial charge in [-0.25, -0.2) is 4.98 Å². The van der Waals surface area contributed by atoms with Gasteiger partial charge in [0, 0.05) is 12.8 Å². The van der Waals surface area contributed by atoms with E-state index in [1.54, 1.807) is 6.92 Å². The highest BCUT2D eigenvalue weighted by Crippen LogP contribution is 2.29. The van der Waals surface area contributed by atoms with Crippen molar-refractivity contribution in [2.24, 2.45) is 0 Å². The molecule has 0 saturated carbocycles. The number of aromatic nitrogens is 2. The van der Waals surface area contributed by atoms with E-state index in [0.29, 0.717) is 18.0 Å². The van der Waals surface area contributed by atoms with Crippen LogP contribution in [0.1, 0.15) is 19.8 Å². The lowest BCUT2D eigenvalue weighted by atomic mass is 9.98. The van der Waals surface area contributed by atoms with Gasteiger partial charge >= 0.3 is 5.97 Å². The average Bonchev–Trinajstić information content (AvgIpc) is 2.99. The van der Waals surface area contributed by atoms with Crippen LogP contribution in [-0.2, 0) is 14.3 Å². The fourth-order valence-electron chi connectivity index (χ4n) is 2.17. The number of imidazole rings is 1. The number of para-hydroxylation sites is 2. The van der Waals surface area contributed by atoms with Crippen LogP contribution in [0.2, 0.25) is 0 Å². The third-order valence-electron chi connectivity index (χ3n) is 3.44. The lowest BCUT2D eigenvalue weighted by Gasteiger charge is -2.20. The van der Waals surface area contributed by atoms with E-state index in [1.165, 1.54) is 11.8 Å². The number of thioether (sulfide) groups is 1. The number of ether oxygens (including phenoxy) is 1. The molecule has 0 bridgehead atoms. The average molecular weight is 290 g/mol. The third-order valence-corrected chi connectivity index (χ3v) is 4.32. The number of rotatable bonds is 4. The van der Waals surface area contributed by atoms with Crippen molar-refractivity contribution in [2.75, 3.05) is 5.75 Å². The number of carbonyl (C=O) groups is 2. The van der Waals surface area contributed by atoms with Crippen molar-refractivity contribution in [1.29, 1.82) is 0 Å². The van der Waals surface area contributed by atoms with E-state index in [0.717, 1.165) is 11.0 Å². The normalized spacial score (nSPS) is 22.1. The second-order valence-electron chi connectivity index (χ2n) is 4.98. The third kappa shape index (κ3) is 2.43. The Hall–Kier alpha value is -1.82. The molecule has 1 aromatic heterocycles. The first-order chi connectivity index (χ1) is 9.57. The molecule has 0 unspecified atom stereocenters. The van der Waals surface area contributed by atoms with Crippen molar-refractivity contribution in [3.8, 4) is 0 Å². The number of nitrogens with one attached hydrogen (secondary N) is 1. The molecule has 3 rings (SSSR count). The zero-order valence-corrected chi connectivity index (χ0v) is 11.8. The Morgan fingerprint density at radius 3 is 3.00 bits per heavy atom. The second kappa shape index (κ2) is 4.94. The number of benzene rings is 1. The lowest BCUT2D eigenvalue weighted by molar-refractivity contribution is -0.154. The van der Waals surface area contributed by atoms with Crippen LogP contribution in [0.4, 0.5) is 0 Å². The molecular formula is C14H14N2O3S. The first kappa shape index (κ1) is 13.2. The highest BCUT2D eigenvalue weighted by atomic mass is 32.2. The molecule has 1 aromatic carbocycles. The number of cyclic esters (lactones) is 1. The van der Waals surface area contributed by atoms with E-state index in [9.17, 15) is 9.59 Å². The van der Waals surface area contributed by atoms with E-state index in [1.807, 2.05) is 24.3 Å². The largest absolute Gasteiger partial charge is 0.451 e. The highest BCUT2D eigenvalue weighted by Gasteiger charge is 2.42. The number of aromatic amines is 1. The number of ketones is 1. The van der Waals surface area contributed by atoms with Gasteiger partial charge in [0.25, 0.3) is 0 Å². The number of nitrogens with zero attached hydrogens (tertiary/aromatic N) is 1. The minimum absolute atomic E-state index is 0.0752. The summed E-state index contributed by atoms with van der Waals surface area (Å²) in [6, 6.07) is 7.70. The van der Waals surface area contributed by atoms with Gasteiger partial charge in [0.05, 0.1) is 16.8 Å². The van der Waals surface area contributed by atoms with Crippen molar-refractivity contribution in [3.05, 3.63) is 24.3 Å². The number of hydrogen-bond acceptors (Lipinski definition) is 5. The molecule has 0 amide bonds. The summed E-state index contributed by atoms with van der Waals surface area (Å²) in [4.78, 5) is 30.9. The van der Waals surface area contributed by atoms with Gasteiger partial charge in [-0.15, -0.1) is 0 Å². The first-order valence-corrected chi connectivity index (χ1v) is 7.38. The van der Waals surface area contributed by atoms with Gasteiger partial charge in [0.2, 0.25) is 0 Å². The summed E-state index contributed by atoms with van der Waals surface area (Å²) in [5.41, 5.74) is 0.859. The van der Waals surface area contributed by atoms with E-state index in [4.69, 9.17) is 4.74 Å². The molecule has 0 spiro atoms. The fourth-order valence-corrected chi connectivity index (χ4v) is 3.09. The highest BCUT2D eigenvalue weighted by molar-refractivity contribution is 7.99. The fraction of sp³-hybridized carbons (Fsp3) is 0.357. The van der Waals surface area contributed by atoms with Gasteiger partial charge in [-0.1, -0.05) is 23.9 Å². The molecule has 20 heavy (non-hydrogen) atoms. The van der Waals surface area contributed by atoms with Crippen LogP contribution >= 0.6 is 11.8 Å². The number of esters is 1. The maximum absolute atomic E-state index is 12.2. The van der Waals surface area contributed by atoms with Crippen molar-refractivity contribution >= 4 is 34.5 Å². The van der Waals surface area contributed by atoms with Crippen LogP contribution in [0.3, 0.4) is 0 Å². The van der Waals surface area contributed by atoms with Crippen LogP contribution in [0.25, 0.3) is 11.0 Å². The minimum Gasteiger partial charge on any atom is -0.451 e. The summed E-state index contributed by atoms with van der Waals surface area (Å²) in [5, 5.41) is 0.701. The number of H-pyrrole nitrogens is 1. The molecule has 2 heterocycles. The van der Waals surface area contributed by atoms with Crippen LogP contribution in [0.5, 0.6) is 0 Å². The van der Waals surface area contributed by atoms with Crippen molar-refractivity contribution in [1.82, 2.24) is 9.97 Å². The van der Waals surface area contributed by atoms with Gasteiger partial charge < -0.3 is 9.72 Å². The molecule has 1 saturated heterocycles. The Kier molecular flexibility index (Phi) is 3.25. The predicted octanol–water partition coefficient (Wildman–Crippen LogP) is 2.32. The molecule has 1 aliphatic heterocycles. The molecule has 5 nitrogen and oxygen atoms in total. The number of fused-ring (bicyclic) bond motifs is 1. The predicted molar refractivity (Wildman–Crippen MR) is 75.6 cm³/mol. The maximum Gasteiger partial charge on any atom is 0.306 e. The molecule has 0 radical (unpaired) electrons. The Labute approximate surface area is 120 Å². The number of carbonyl (C=O) groups excluding carboxylic acids is 2.